The van der Waals surface area contributed by atoms with Crippen LogP contribution in [0.1, 0.15) is 12.0 Å². The number of aryl methyl sites for hydroxylation is 2. The minimum absolute atomic E-state index is 0.0910. The van der Waals surface area contributed by atoms with E-state index in [0.717, 1.165) is 16.7 Å². The fourth-order valence-electron chi connectivity index (χ4n) is 3.67. The number of nitrogens with one attached hydrogen (secondary N) is 1. The number of amides is 1. The number of thiophene rings is 1. The lowest BCUT2D eigenvalue weighted by Crippen LogP contribution is -2.23. The minimum Gasteiger partial charge on any atom is -0.493 e. The van der Waals surface area contributed by atoms with Crippen molar-refractivity contribution in [2.75, 3.05) is 26.6 Å². The normalized spacial score (nSPS) is 10.8. The topological polar surface area (TPSA) is 91.7 Å². The predicted octanol–water partition coefficient (Wildman–Crippen LogP) is 4.49. The van der Waals surface area contributed by atoms with Crippen LogP contribution in [0, 0.1) is 6.92 Å². The van der Waals surface area contributed by atoms with Crippen molar-refractivity contribution in [2.24, 2.45) is 0 Å². The van der Waals surface area contributed by atoms with E-state index in [0.29, 0.717) is 33.2 Å². The van der Waals surface area contributed by atoms with E-state index in [1.807, 2.05) is 36.6 Å². The van der Waals surface area contributed by atoms with Gasteiger partial charge in [-0.1, -0.05) is 29.8 Å². The van der Waals surface area contributed by atoms with E-state index >= 15 is 0 Å². The number of fused-ring (bicyclic) bond motifs is 1. The molecule has 0 saturated carbocycles. The highest BCUT2D eigenvalue weighted by molar-refractivity contribution is 7.17. The molecular weight excluding hydrogens is 454 g/mol. The SMILES string of the molecule is COc1cc(NC(=O)CCn2cnc3scc(-c4ccc(C)cc4)c3c2=O)cc(OC)c1OC. The molecule has 34 heavy (non-hydrogen) atoms. The highest BCUT2D eigenvalue weighted by Gasteiger charge is 2.16. The molecule has 0 bridgehead atoms. The van der Waals surface area contributed by atoms with E-state index in [2.05, 4.69) is 10.3 Å². The van der Waals surface area contributed by atoms with Crippen molar-refractivity contribution in [1.29, 1.82) is 0 Å². The number of methoxy groups -OCH3 is 3. The highest BCUT2D eigenvalue weighted by Crippen LogP contribution is 2.40. The van der Waals surface area contributed by atoms with Crippen LogP contribution in [-0.4, -0.2) is 36.8 Å². The Hall–Kier alpha value is -3.85. The third kappa shape index (κ3) is 4.60. The summed E-state index contributed by atoms with van der Waals surface area (Å²) in [7, 11) is 4.53. The molecule has 8 nitrogen and oxygen atoms in total. The maximum Gasteiger partial charge on any atom is 0.262 e. The second-order valence-corrected chi connectivity index (χ2v) is 8.51. The number of ether oxygens (including phenoxy) is 3. The number of rotatable bonds is 8. The van der Waals surface area contributed by atoms with E-state index in [1.54, 1.807) is 12.1 Å². The molecule has 1 amide bonds. The van der Waals surface area contributed by atoms with Crippen molar-refractivity contribution in [3.05, 3.63) is 64.0 Å². The van der Waals surface area contributed by atoms with Crippen LogP contribution < -0.4 is 25.1 Å². The van der Waals surface area contributed by atoms with Gasteiger partial charge in [0.15, 0.2) is 11.5 Å². The lowest BCUT2D eigenvalue weighted by Gasteiger charge is -2.14. The second kappa shape index (κ2) is 9.96. The summed E-state index contributed by atoms with van der Waals surface area (Å²) in [5, 5.41) is 5.34. The summed E-state index contributed by atoms with van der Waals surface area (Å²) in [6, 6.07) is 11.3. The van der Waals surface area contributed by atoms with Crippen LogP contribution in [-0.2, 0) is 11.3 Å². The number of anilines is 1. The highest BCUT2D eigenvalue weighted by atomic mass is 32.1. The fourth-order valence-corrected chi connectivity index (χ4v) is 4.58. The number of carbonyl (C=O) groups excluding carboxylic acids is 1. The van der Waals surface area contributed by atoms with Crippen molar-refractivity contribution < 1.29 is 19.0 Å². The third-order valence-electron chi connectivity index (χ3n) is 5.45. The molecular formula is C25H25N3O5S. The second-order valence-electron chi connectivity index (χ2n) is 7.65. The van der Waals surface area contributed by atoms with Crippen LogP contribution in [0.5, 0.6) is 17.2 Å². The monoisotopic (exact) mass is 479 g/mol. The zero-order chi connectivity index (χ0) is 24.2. The van der Waals surface area contributed by atoms with Gasteiger partial charge in [-0.2, -0.15) is 0 Å². The Labute approximate surface area is 200 Å². The molecule has 0 saturated heterocycles. The molecule has 0 aliphatic carbocycles. The Kier molecular flexibility index (Phi) is 6.83. The molecule has 0 spiro atoms. The van der Waals surface area contributed by atoms with Gasteiger partial charge in [-0.25, -0.2) is 4.98 Å². The Balaban J connectivity index is 1.53. The molecule has 1 N–H and O–H groups in total. The van der Waals surface area contributed by atoms with Crippen molar-refractivity contribution >= 4 is 33.1 Å². The van der Waals surface area contributed by atoms with Gasteiger partial charge in [0.1, 0.15) is 4.83 Å². The average Bonchev–Trinajstić information content (AvgIpc) is 3.28. The summed E-state index contributed by atoms with van der Waals surface area (Å²) in [6.07, 6.45) is 1.58. The van der Waals surface area contributed by atoms with Crippen LogP contribution in [0.4, 0.5) is 5.69 Å². The van der Waals surface area contributed by atoms with Gasteiger partial charge >= 0.3 is 0 Å². The van der Waals surface area contributed by atoms with E-state index in [4.69, 9.17) is 14.2 Å². The van der Waals surface area contributed by atoms with Crippen molar-refractivity contribution in [3.8, 4) is 28.4 Å². The van der Waals surface area contributed by atoms with Gasteiger partial charge < -0.3 is 19.5 Å². The summed E-state index contributed by atoms with van der Waals surface area (Å²) in [4.78, 5) is 31.0. The van der Waals surface area contributed by atoms with Gasteiger partial charge in [0, 0.05) is 41.7 Å². The summed E-state index contributed by atoms with van der Waals surface area (Å²) in [5.41, 5.74) is 3.31. The molecule has 0 aliphatic heterocycles. The zero-order valence-corrected chi connectivity index (χ0v) is 20.2. The largest absolute Gasteiger partial charge is 0.493 e. The van der Waals surface area contributed by atoms with Crippen molar-refractivity contribution in [2.45, 2.75) is 19.9 Å². The van der Waals surface area contributed by atoms with E-state index in [1.165, 1.54) is 43.6 Å². The molecule has 9 heteroatoms. The first-order valence-electron chi connectivity index (χ1n) is 10.6. The summed E-state index contributed by atoms with van der Waals surface area (Å²) in [5.74, 6) is 1.05. The molecule has 0 unspecified atom stereocenters. The molecule has 0 atom stereocenters. The zero-order valence-electron chi connectivity index (χ0n) is 19.4. The fraction of sp³-hybridized carbons (Fsp3) is 0.240. The first-order chi connectivity index (χ1) is 16.4. The van der Waals surface area contributed by atoms with E-state index < -0.39 is 0 Å². The first kappa shape index (κ1) is 23.3. The van der Waals surface area contributed by atoms with Gasteiger partial charge in [-0.05, 0) is 12.5 Å². The van der Waals surface area contributed by atoms with E-state index in [-0.39, 0.29) is 24.4 Å². The Bertz CT molecular complexity index is 1370. The van der Waals surface area contributed by atoms with Crippen LogP contribution in [0.2, 0.25) is 0 Å². The van der Waals surface area contributed by atoms with Gasteiger partial charge in [0.25, 0.3) is 5.56 Å². The Morgan fingerprint density at radius 3 is 2.35 bits per heavy atom. The molecule has 4 aromatic rings. The lowest BCUT2D eigenvalue weighted by atomic mass is 10.1. The molecule has 176 valence electrons. The molecule has 2 aromatic carbocycles. The number of aromatic nitrogens is 2. The standard InChI is InChI=1S/C25H25N3O5S/c1-15-5-7-16(8-6-15)18-13-34-24-22(18)25(30)28(14-26-24)10-9-21(29)27-17-11-19(31-2)23(33-4)20(12-17)32-3/h5-8,11-14H,9-10H2,1-4H3,(H,27,29). The molecule has 0 fully saturated rings. The first-order valence-corrected chi connectivity index (χ1v) is 11.5. The number of hydrogen-bond acceptors (Lipinski definition) is 7. The average molecular weight is 480 g/mol. The van der Waals surface area contributed by atoms with Crippen LogP contribution in [0.15, 0.2) is 52.9 Å². The molecule has 0 radical (unpaired) electrons. The molecule has 4 rings (SSSR count). The van der Waals surface area contributed by atoms with Gasteiger partial charge in [-0.3, -0.25) is 14.2 Å². The summed E-state index contributed by atoms with van der Waals surface area (Å²) in [6.45, 7) is 2.22. The third-order valence-corrected chi connectivity index (χ3v) is 6.34. The summed E-state index contributed by atoms with van der Waals surface area (Å²) >= 11 is 1.43. The minimum atomic E-state index is -0.259. The maximum absolute atomic E-state index is 13.2. The van der Waals surface area contributed by atoms with Crippen molar-refractivity contribution in [1.82, 2.24) is 9.55 Å². The van der Waals surface area contributed by atoms with Gasteiger partial charge in [0.2, 0.25) is 11.7 Å². The van der Waals surface area contributed by atoms with Gasteiger partial charge in [0.05, 0.1) is 33.0 Å². The summed E-state index contributed by atoms with van der Waals surface area (Å²) < 4.78 is 17.4. The lowest BCUT2D eigenvalue weighted by molar-refractivity contribution is -0.116. The Morgan fingerprint density at radius 1 is 1.06 bits per heavy atom. The van der Waals surface area contributed by atoms with E-state index in [9.17, 15) is 9.59 Å². The predicted molar refractivity (Wildman–Crippen MR) is 133 cm³/mol. The quantitative estimate of drug-likeness (QED) is 0.400. The maximum atomic E-state index is 13.2. The number of carbonyl (C=O) groups is 1. The molecule has 2 aromatic heterocycles. The number of nitrogens with zero attached hydrogens (tertiary/aromatic N) is 2. The van der Waals surface area contributed by atoms with Crippen LogP contribution >= 0.6 is 11.3 Å². The van der Waals surface area contributed by atoms with Gasteiger partial charge in [-0.15, -0.1) is 11.3 Å². The number of benzene rings is 2. The van der Waals surface area contributed by atoms with Crippen LogP contribution in [0.3, 0.4) is 0 Å². The Morgan fingerprint density at radius 2 is 1.74 bits per heavy atom. The number of hydrogen-bond donors (Lipinski definition) is 1. The molecule has 0 aliphatic rings. The smallest absolute Gasteiger partial charge is 0.262 e. The van der Waals surface area contributed by atoms with Crippen molar-refractivity contribution in [3.63, 3.8) is 0 Å². The molecule has 2 heterocycles. The van der Waals surface area contributed by atoms with Crippen LogP contribution in [0.25, 0.3) is 21.3 Å².